The molecule has 2 nitrogen and oxygen atoms in total. The van der Waals surface area contributed by atoms with E-state index < -0.39 is 0 Å². The van der Waals surface area contributed by atoms with Crippen LogP contribution in [0.2, 0.25) is 0 Å². The fourth-order valence-electron chi connectivity index (χ4n) is 2.72. The minimum atomic E-state index is 0.0167. The first-order valence-electron chi connectivity index (χ1n) is 5.47. The number of rotatable bonds is 1. The van der Waals surface area contributed by atoms with Crippen LogP contribution in [0.1, 0.15) is 45.4 Å². The maximum Gasteiger partial charge on any atom is 0.306 e. The Morgan fingerprint density at radius 1 is 1.23 bits per heavy atom. The minimum absolute atomic E-state index is 0.0167. The Morgan fingerprint density at radius 2 is 1.92 bits per heavy atom. The Bertz CT molecular complexity index is 194. The lowest BCUT2D eigenvalue weighted by Gasteiger charge is -2.28. The summed E-state index contributed by atoms with van der Waals surface area (Å²) in [6, 6.07) is 0. The third-order valence-electron chi connectivity index (χ3n) is 3.43. The van der Waals surface area contributed by atoms with Crippen LogP contribution in [0, 0.1) is 11.8 Å². The molecule has 0 amide bonds. The van der Waals surface area contributed by atoms with Crippen LogP contribution in [0.3, 0.4) is 0 Å². The molecule has 0 unspecified atom stereocenters. The molecule has 0 radical (unpaired) electrons. The van der Waals surface area contributed by atoms with E-state index in [1.165, 1.54) is 32.1 Å². The molecule has 2 fully saturated rings. The molecule has 1 heterocycles. The van der Waals surface area contributed by atoms with E-state index in [-0.39, 0.29) is 12.1 Å². The minimum Gasteiger partial charge on any atom is -0.462 e. The standard InChI is InChI=1S/C11H18O2/c1-8-7-10(12)13-11(8)9-5-3-2-4-6-9/h8-9,11H,2-7H2,1H3/t8-,11-/m0/s1. The summed E-state index contributed by atoms with van der Waals surface area (Å²) in [7, 11) is 0. The smallest absolute Gasteiger partial charge is 0.306 e. The van der Waals surface area contributed by atoms with E-state index >= 15 is 0 Å². The van der Waals surface area contributed by atoms with Gasteiger partial charge in [-0.2, -0.15) is 0 Å². The molecule has 13 heavy (non-hydrogen) atoms. The van der Waals surface area contributed by atoms with Gasteiger partial charge in [0.2, 0.25) is 0 Å². The SMILES string of the molecule is C[C@H]1CC(=O)O[C@@H]1C1CCCCC1. The fraction of sp³-hybridized carbons (Fsp3) is 0.909. The molecule has 0 aromatic rings. The molecule has 1 aliphatic carbocycles. The monoisotopic (exact) mass is 182 g/mol. The van der Waals surface area contributed by atoms with Gasteiger partial charge in [0.05, 0.1) is 6.42 Å². The van der Waals surface area contributed by atoms with Crippen LogP contribution >= 0.6 is 0 Å². The number of hydrogen-bond acceptors (Lipinski definition) is 2. The van der Waals surface area contributed by atoms with Crippen LogP contribution < -0.4 is 0 Å². The van der Waals surface area contributed by atoms with E-state index in [4.69, 9.17) is 4.74 Å². The number of cyclic esters (lactones) is 1. The lowest BCUT2D eigenvalue weighted by atomic mass is 9.81. The number of carbonyl (C=O) groups excluding carboxylic acids is 1. The molecule has 2 atom stereocenters. The first-order valence-corrected chi connectivity index (χ1v) is 5.47. The second-order valence-corrected chi connectivity index (χ2v) is 4.53. The van der Waals surface area contributed by atoms with Gasteiger partial charge in [0.15, 0.2) is 0 Å². The van der Waals surface area contributed by atoms with Crippen molar-refractivity contribution >= 4 is 5.97 Å². The molecule has 0 aromatic heterocycles. The lowest BCUT2D eigenvalue weighted by Crippen LogP contribution is -2.27. The van der Waals surface area contributed by atoms with Gasteiger partial charge >= 0.3 is 5.97 Å². The Morgan fingerprint density at radius 3 is 2.46 bits per heavy atom. The number of esters is 1. The first kappa shape index (κ1) is 9.04. The maximum absolute atomic E-state index is 11.1. The average Bonchev–Trinajstić information content (AvgIpc) is 2.47. The maximum atomic E-state index is 11.1. The highest BCUT2D eigenvalue weighted by atomic mass is 16.6. The molecular formula is C11H18O2. The summed E-state index contributed by atoms with van der Waals surface area (Å²) in [6.45, 7) is 2.14. The van der Waals surface area contributed by atoms with Crippen molar-refractivity contribution in [3.05, 3.63) is 0 Å². The van der Waals surface area contributed by atoms with E-state index in [1.54, 1.807) is 0 Å². The Kier molecular flexibility index (Phi) is 2.56. The normalized spacial score (nSPS) is 36.2. The van der Waals surface area contributed by atoms with Crippen LogP contribution in [0.25, 0.3) is 0 Å². The predicted octanol–water partition coefficient (Wildman–Crippen LogP) is 2.52. The topological polar surface area (TPSA) is 26.3 Å². The average molecular weight is 182 g/mol. The number of carbonyl (C=O) groups is 1. The molecule has 1 aliphatic heterocycles. The highest BCUT2D eigenvalue weighted by molar-refractivity contribution is 5.72. The van der Waals surface area contributed by atoms with Crippen molar-refractivity contribution in [1.29, 1.82) is 0 Å². The van der Waals surface area contributed by atoms with E-state index in [0.29, 0.717) is 18.3 Å². The van der Waals surface area contributed by atoms with Gasteiger partial charge in [-0.15, -0.1) is 0 Å². The Hall–Kier alpha value is -0.530. The quantitative estimate of drug-likeness (QED) is 0.582. The van der Waals surface area contributed by atoms with Crippen LogP contribution in [-0.2, 0) is 9.53 Å². The van der Waals surface area contributed by atoms with Crippen molar-refractivity contribution in [3.8, 4) is 0 Å². The fourth-order valence-corrected chi connectivity index (χ4v) is 2.72. The Balaban J connectivity index is 1.95. The van der Waals surface area contributed by atoms with Gasteiger partial charge in [-0.3, -0.25) is 4.79 Å². The van der Waals surface area contributed by atoms with Gasteiger partial charge in [-0.05, 0) is 18.8 Å². The predicted molar refractivity (Wildman–Crippen MR) is 50.2 cm³/mol. The zero-order chi connectivity index (χ0) is 9.26. The summed E-state index contributed by atoms with van der Waals surface area (Å²) in [5, 5.41) is 0. The van der Waals surface area contributed by atoms with Crippen LogP contribution in [0.5, 0.6) is 0 Å². The summed E-state index contributed by atoms with van der Waals surface area (Å²) in [4.78, 5) is 11.1. The molecule has 0 spiro atoms. The zero-order valence-corrected chi connectivity index (χ0v) is 8.29. The second kappa shape index (κ2) is 3.69. The molecule has 1 saturated carbocycles. The lowest BCUT2D eigenvalue weighted by molar-refractivity contribution is -0.143. The molecule has 2 heteroatoms. The summed E-state index contributed by atoms with van der Waals surface area (Å²) >= 11 is 0. The Labute approximate surface area is 79.7 Å². The van der Waals surface area contributed by atoms with Gasteiger partial charge < -0.3 is 4.74 Å². The molecule has 0 N–H and O–H groups in total. The molecule has 74 valence electrons. The van der Waals surface area contributed by atoms with Gasteiger partial charge in [-0.1, -0.05) is 26.2 Å². The second-order valence-electron chi connectivity index (χ2n) is 4.53. The van der Waals surface area contributed by atoms with Crippen molar-refractivity contribution in [2.75, 3.05) is 0 Å². The highest BCUT2D eigenvalue weighted by Gasteiger charge is 2.37. The highest BCUT2D eigenvalue weighted by Crippen LogP contribution is 2.35. The number of hydrogen-bond donors (Lipinski definition) is 0. The molecule has 2 rings (SSSR count). The van der Waals surface area contributed by atoms with Crippen molar-refractivity contribution in [3.63, 3.8) is 0 Å². The first-order chi connectivity index (χ1) is 6.27. The summed E-state index contributed by atoms with van der Waals surface area (Å²) in [6.07, 6.45) is 7.43. The van der Waals surface area contributed by atoms with Crippen molar-refractivity contribution in [2.45, 2.75) is 51.6 Å². The van der Waals surface area contributed by atoms with Gasteiger partial charge in [0.25, 0.3) is 0 Å². The third-order valence-corrected chi connectivity index (χ3v) is 3.43. The molecule has 0 aromatic carbocycles. The summed E-state index contributed by atoms with van der Waals surface area (Å²) in [5.74, 6) is 1.13. The van der Waals surface area contributed by atoms with E-state index in [1.807, 2.05) is 0 Å². The molecule has 0 bridgehead atoms. The third kappa shape index (κ3) is 1.87. The van der Waals surface area contributed by atoms with Crippen molar-refractivity contribution in [2.24, 2.45) is 11.8 Å². The molecule has 1 saturated heterocycles. The summed E-state index contributed by atoms with van der Waals surface area (Å²) < 4.78 is 5.37. The van der Waals surface area contributed by atoms with Gasteiger partial charge in [0, 0.05) is 5.92 Å². The largest absolute Gasteiger partial charge is 0.462 e. The number of ether oxygens (including phenoxy) is 1. The van der Waals surface area contributed by atoms with Crippen LogP contribution in [0.4, 0.5) is 0 Å². The van der Waals surface area contributed by atoms with E-state index in [2.05, 4.69) is 6.92 Å². The molecular weight excluding hydrogens is 164 g/mol. The van der Waals surface area contributed by atoms with E-state index in [9.17, 15) is 4.79 Å². The van der Waals surface area contributed by atoms with Crippen molar-refractivity contribution in [1.82, 2.24) is 0 Å². The van der Waals surface area contributed by atoms with Crippen LogP contribution in [0.15, 0.2) is 0 Å². The summed E-state index contributed by atoms with van der Waals surface area (Å²) in [5.41, 5.74) is 0. The molecule has 2 aliphatic rings. The van der Waals surface area contributed by atoms with Crippen LogP contribution in [-0.4, -0.2) is 12.1 Å². The van der Waals surface area contributed by atoms with E-state index in [0.717, 1.165) is 0 Å². The zero-order valence-electron chi connectivity index (χ0n) is 8.29. The van der Waals surface area contributed by atoms with Crippen molar-refractivity contribution < 1.29 is 9.53 Å². The van der Waals surface area contributed by atoms with Gasteiger partial charge in [0.1, 0.15) is 6.10 Å². The van der Waals surface area contributed by atoms with Gasteiger partial charge in [-0.25, -0.2) is 0 Å².